The van der Waals surface area contributed by atoms with Crippen LogP contribution in [0.1, 0.15) is 139 Å². The number of esters is 2. The number of ether oxygens (including phenoxy) is 2. The van der Waals surface area contributed by atoms with Crippen molar-refractivity contribution < 1.29 is 29.0 Å². The molecular formula is C37H58O6. The van der Waals surface area contributed by atoms with Crippen molar-refractivity contribution >= 4 is 17.9 Å². The summed E-state index contributed by atoms with van der Waals surface area (Å²) in [6, 6.07) is 0. The molecule has 0 amide bonds. The highest BCUT2D eigenvalue weighted by molar-refractivity contribution is 5.77. The Labute approximate surface area is 260 Å². The SMILES string of the molecule is CCCOC(=O)[C@@]1(C)CCC2(C)CC[C@]3(C)C(=CC[C@H]4C3(C)CCC3C(C)(C)[C@@H](OC(=O)CCC(=O)O)CC[C@@]34C)C2C1. The van der Waals surface area contributed by atoms with Crippen molar-refractivity contribution in [1.82, 2.24) is 0 Å². The summed E-state index contributed by atoms with van der Waals surface area (Å²) >= 11 is 0. The van der Waals surface area contributed by atoms with E-state index in [1.807, 2.05) is 0 Å². The van der Waals surface area contributed by atoms with E-state index in [1.54, 1.807) is 5.57 Å². The highest BCUT2D eigenvalue weighted by Gasteiger charge is 2.68. The lowest BCUT2D eigenvalue weighted by atomic mass is 9.33. The minimum Gasteiger partial charge on any atom is -0.481 e. The molecule has 0 saturated heterocycles. The first-order valence-corrected chi connectivity index (χ1v) is 17.3. The minimum absolute atomic E-state index is 0.000143. The summed E-state index contributed by atoms with van der Waals surface area (Å²) in [5.41, 5.74) is 1.70. The number of carboxylic acid groups (broad SMARTS) is 1. The molecule has 242 valence electrons. The fourth-order valence-corrected chi connectivity index (χ4v) is 11.5. The van der Waals surface area contributed by atoms with Crippen LogP contribution in [-0.2, 0) is 23.9 Å². The number of hydrogen-bond acceptors (Lipinski definition) is 5. The van der Waals surface area contributed by atoms with Crippen LogP contribution in [0.4, 0.5) is 0 Å². The van der Waals surface area contributed by atoms with Gasteiger partial charge < -0.3 is 14.6 Å². The first-order chi connectivity index (χ1) is 20.0. The number of carbonyl (C=O) groups is 3. The molecule has 5 rings (SSSR count). The summed E-state index contributed by atoms with van der Waals surface area (Å²) < 4.78 is 11.7. The molecule has 0 aromatic carbocycles. The van der Waals surface area contributed by atoms with E-state index in [0.29, 0.717) is 24.4 Å². The quantitative estimate of drug-likeness (QED) is 0.233. The monoisotopic (exact) mass is 598 g/mol. The van der Waals surface area contributed by atoms with Crippen LogP contribution in [0.15, 0.2) is 11.6 Å². The minimum atomic E-state index is -0.963. The largest absolute Gasteiger partial charge is 0.481 e. The third-order valence-corrected chi connectivity index (χ3v) is 14.5. The standard InChI is InChI=1S/C37H58O6/c1-9-22-42-31(41)34(5)19-18-33(4)20-21-36(7)24(25(33)23-34)10-11-27-35(6)16-15-28(43-30(40)13-12-29(38)39)32(2,3)26(35)14-17-37(27,36)8/h10,25-28H,9,11-23H2,1-8H3,(H,38,39)/t25?,26?,27-,28+,33?,34+,35+,36-,37?/m1/s1. The van der Waals surface area contributed by atoms with Crippen molar-refractivity contribution in [3.05, 3.63) is 11.6 Å². The molecule has 43 heavy (non-hydrogen) atoms. The van der Waals surface area contributed by atoms with Crippen molar-refractivity contribution in [2.45, 2.75) is 145 Å². The van der Waals surface area contributed by atoms with Crippen LogP contribution in [0.3, 0.4) is 0 Å². The molecule has 6 nitrogen and oxygen atoms in total. The zero-order chi connectivity index (χ0) is 31.6. The van der Waals surface area contributed by atoms with E-state index < -0.39 is 11.4 Å². The molecule has 0 heterocycles. The second-order valence-electron chi connectivity index (χ2n) is 17.1. The second-order valence-corrected chi connectivity index (χ2v) is 17.1. The number of carboxylic acids is 1. The van der Waals surface area contributed by atoms with Crippen LogP contribution >= 0.6 is 0 Å². The van der Waals surface area contributed by atoms with Gasteiger partial charge in [-0.05, 0) is 117 Å². The number of allylic oxidation sites excluding steroid dienone is 2. The molecule has 4 unspecified atom stereocenters. The van der Waals surface area contributed by atoms with E-state index >= 15 is 0 Å². The van der Waals surface area contributed by atoms with E-state index in [2.05, 4.69) is 61.5 Å². The molecule has 0 aliphatic heterocycles. The normalized spacial score (nSPS) is 44.9. The van der Waals surface area contributed by atoms with E-state index in [0.717, 1.165) is 57.8 Å². The Bertz CT molecular complexity index is 1170. The van der Waals surface area contributed by atoms with Crippen LogP contribution in [0.2, 0.25) is 0 Å². The van der Waals surface area contributed by atoms with Crippen molar-refractivity contribution in [3.63, 3.8) is 0 Å². The fourth-order valence-electron chi connectivity index (χ4n) is 11.5. The summed E-state index contributed by atoms with van der Waals surface area (Å²) in [6.45, 7) is 19.5. The Morgan fingerprint density at radius 1 is 0.884 bits per heavy atom. The van der Waals surface area contributed by atoms with Crippen LogP contribution in [0.5, 0.6) is 0 Å². The van der Waals surface area contributed by atoms with Gasteiger partial charge in [-0.25, -0.2) is 0 Å². The molecule has 9 atom stereocenters. The van der Waals surface area contributed by atoms with Crippen LogP contribution in [0.25, 0.3) is 0 Å². The van der Waals surface area contributed by atoms with E-state index in [1.165, 1.54) is 12.8 Å². The number of rotatable bonds is 7. The molecule has 4 fully saturated rings. The van der Waals surface area contributed by atoms with Crippen molar-refractivity contribution in [2.75, 3.05) is 6.61 Å². The molecule has 0 spiro atoms. The number of carbonyl (C=O) groups excluding carboxylic acids is 2. The van der Waals surface area contributed by atoms with Crippen LogP contribution < -0.4 is 0 Å². The molecule has 4 saturated carbocycles. The zero-order valence-electron chi connectivity index (χ0n) is 28.3. The van der Waals surface area contributed by atoms with Gasteiger partial charge in [-0.3, -0.25) is 14.4 Å². The third kappa shape index (κ3) is 5.00. The average Bonchev–Trinajstić information content (AvgIpc) is 2.93. The van der Waals surface area contributed by atoms with Gasteiger partial charge in [0.2, 0.25) is 0 Å². The maximum Gasteiger partial charge on any atom is 0.311 e. The van der Waals surface area contributed by atoms with Crippen LogP contribution in [0, 0.1) is 50.2 Å². The van der Waals surface area contributed by atoms with Gasteiger partial charge in [0.05, 0.1) is 24.9 Å². The van der Waals surface area contributed by atoms with Gasteiger partial charge in [-0.1, -0.05) is 60.1 Å². The van der Waals surface area contributed by atoms with E-state index in [4.69, 9.17) is 14.6 Å². The summed E-state index contributed by atoms with van der Waals surface area (Å²) in [5.74, 6) is 0.0483. The van der Waals surface area contributed by atoms with Gasteiger partial charge >= 0.3 is 17.9 Å². The van der Waals surface area contributed by atoms with Gasteiger partial charge in [0, 0.05) is 5.41 Å². The molecule has 5 aliphatic rings. The highest BCUT2D eigenvalue weighted by Crippen LogP contribution is 2.75. The van der Waals surface area contributed by atoms with Crippen molar-refractivity contribution in [2.24, 2.45) is 50.2 Å². The van der Waals surface area contributed by atoms with Gasteiger partial charge in [-0.15, -0.1) is 0 Å². The van der Waals surface area contributed by atoms with E-state index in [-0.39, 0.29) is 58.0 Å². The molecule has 0 radical (unpaired) electrons. The lowest BCUT2D eigenvalue weighted by molar-refractivity contribution is -0.213. The molecule has 6 heteroatoms. The first kappa shape index (κ1) is 32.5. The van der Waals surface area contributed by atoms with E-state index in [9.17, 15) is 14.4 Å². The number of hydrogen-bond donors (Lipinski definition) is 1. The first-order valence-electron chi connectivity index (χ1n) is 17.3. The van der Waals surface area contributed by atoms with Crippen LogP contribution in [-0.4, -0.2) is 35.7 Å². The summed E-state index contributed by atoms with van der Waals surface area (Å²) in [4.78, 5) is 36.9. The van der Waals surface area contributed by atoms with Gasteiger partial charge in [-0.2, -0.15) is 0 Å². The fraction of sp³-hybridized carbons (Fsp3) is 0.865. The Morgan fingerprint density at radius 2 is 1.58 bits per heavy atom. The average molecular weight is 599 g/mol. The molecule has 0 bridgehead atoms. The maximum absolute atomic E-state index is 13.3. The zero-order valence-corrected chi connectivity index (χ0v) is 28.3. The second kappa shape index (κ2) is 10.9. The summed E-state index contributed by atoms with van der Waals surface area (Å²) in [7, 11) is 0. The predicted molar refractivity (Wildman–Crippen MR) is 167 cm³/mol. The molecule has 5 aliphatic carbocycles. The lowest BCUT2D eigenvalue weighted by Crippen LogP contribution is -2.64. The third-order valence-electron chi connectivity index (χ3n) is 14.5. The van der Waals surface area contributed by atoms with Gasteiger partial charge in [0.25, 0.3) is 0 Å². The maximum atomic E-state index is 13.3. The molecule has 1 N–H and O–H groups in total. The number of aliphatic carboxylic acids is 1. The summed E-state index contributed by atoms with van der Waals surface area (Å²) in [5, 5.41) is 9.02. The highest BCUT2D eigenvalue weighted by atomic mass is 16.5. The van der Waals surface area contributed by atoms with Crippen molar-refractivity contribution in [3.8, 4) is 0 Å². The number of fused-ring (bicyclic) bond motifs is 7. The Morgan fingerprint density at radius 3 is 2.26 bits per heavy atom. The van der Waals surface area contributed by atoms with Gasteiger partial charge in [0.15, 0.2) is 0 Å². The van der Waals surface area contributed by atoms with Crippen molar-refractivity contribution in [1.29, 1.82) is 0 Å². The molecule has 0 aromatic heterocycles. The topological polar surface area (TPSA) is 89.9 Å². The Hall–Kier alpha value is -1.85. The predicted octanol–water partition coefficient (Wildman–Crippen LogP) is 8.52. The molecule has 0 aromatic rings. The smallest absolute Gasteiger partial charge is 0.311 e. The Balaban J connectivity index is 1.42. The molecular weight excluding hydrogens is 540 g/mol. The summed E-state index contributed by atoms with van der Waals surface area (Å²) in [6.07, 6.45) is 13.6. The Kier molecular flexibility index (Phi) is 8.25. The lowest BCUT2D eigenvalue weighted by Gasteiger charge is -2.71. The van der Waals surface area contributed by atoms with Gasteiger partial charge in [0.1, 0.15) is 6.10 Å².